The van der Waals surface area contributed by atoms with Crippen molar-refractivity contribution in [3.05, 3.63) is 94.8 Å². The van der Waals surface area contributed by atoms with E-state index in [2.05, 4.69) is 54.4 Å². The zero-order chi connectivity index (χ0) is 38.6. The van der Waals surface area contributed by atoms with Crippen LogP contribution in [-0.4, -0.2) is 68.2 Å². The molecule has 1 saturated heterocycles. The van der Waals surface area contributed by atoms with Crippen molar-refractivity contribution in [1.82, 2.24) is 15.2 Å². The first-order valence-electron chi connectivity index (χ1n) is 20.0. The second kappa shape index (κ2) is 19.6. The lowest BCUT2D eigenvalue weighted by molar-refractivity contribution is 0.0584. The van der Waals surface area contributed by atoms with Gasteiger partial charge < -0.3 is 29.5 Å². The van der Waals surface area contributed by atoms with E-state index in [1.165, 1.54) is 44.6 Å². The molecule has 2 heterocycles. The number of aromatic hydroxyl groups is 1. The van der Waals surface area contributed by atoms with Crippen LogP contribution < -0.4 is 16.2 Å². The van der Waals surface area contributed by atoms with E-state index in [4.69, 9.17) is 9.16 Å². The standard InChI is InChI=1S/C44H62N4O5Si/c1-44(2,3)54(4,5)53-40(36-22-24-39(49)42-37(36)23-25-41(50)47-42)32-45-28-16-9-7-6-8-10-17-29-48-30-26-34(27-31-48)52-43(51)46-38-21-15-14-20-35(38)33-18-12-11-13-19-33/h11-15,18-25,34,40,45,49H,6-10,16-17,26-32H2,1-5H3,(H,46,51)(H,47,50)/t40-/m1/s1. The fraction of sp³-hybridized carbons (Fsp3) is 0.500. The molecule has 9 nitrogen and oxygen atoms in total. The van der Waals surface area contributed by atoms with Crippen LogP contribution in [0.25, 0.3) is 22.0 Å². The van der Waals surface area contributed by atoms with Crippen molar-refractivity contribution >= 4 is 31.0 Å². The number of aromatic nitrogens is 1. The predicted octanol–water partition coefficient (Wildman–Crippen LogP) is 10.00. The van der Waals surface area contributed by atoms with Crippen LogP contribution in [0.15, 0.2) is 83.7 Å². The number of unbranched alkanes of at least 4 members (excludes halogenated alkanes) is 6. The zero-order valence-electron chi connectivity index (χ0n) is 33.1. The highest BCUT2D eigenvalue weighted by Gasteiger charge is 2.39. The molecule has 0 unspecified atom stereocenters. The summed E-state index contributed by atoms with van der Waals surface area (Å²) >= 11 is 0. The second-order valence-corrected chi connectivity index (χ2v) is 21.1. The number of amides is 1. The molecule has 0 radical (unpaired) electrons. The first kappa shape index (κ1) is 41.2. The highest BCUT2D eigenvalue weighted by molar-refractivity contribution is 6.74. The number of phenols is 1. The summed E-state index contributed by atoms with van der Waals surface area (Å²) in [7, 11) is -2.10. The van der Waals surface area contributed by atoms with Gasteiger partial charge in [-0.3, -0.25) is 10.1 Å². The van der Waals surface area contributed by atoms with Crippen LogP contribution in [0.3, 0.4) is 0 Å². The van der Waals surface area contributed by atoms with Gasteiger partial charge in [-0.2, -0.15) is 0 Å². The number of phenolic OH excluding ortho intramolecular Hbond substituents is 1. The molecule has 54 heavy (non-hydrogen) atoms. The molecule has 292 valence electrons. The maximum atomic E-state index is 12.8. The third-order valence-electron chi connectivity index (χ3n) is 11.2. The average Bonchev–Trinajstić information content (AvgIpc) is 3.14. The number of hydrogen-bond donors (Lipinski definition) is 4. The van der Waals surface area contributed by atoms with Gasteiger partial charge in [-0.1, -0.05) is 107 Å². The number of aromatic amines is 1. The molecule has 1 amide bonds. The lowest BCUT2D eigenvalue weighted by atomic mass is 10.0. The van der Waals surface area contributed by atoms with Crippen molar-refractivity contribution in [2.75, 3.05) is 38.0 Å². The van der Waals surface area contributed by atoms with Crippen LogP contribution in [-0.2, 0) is 9.16 Å². The molecule has 0 aliphatic carbocycles. The third kappa shape index (κ3) is 11.8. The van der Waals surface area contributed by atoms with E-state index in [-0.39, 0.29) is 34.6 Å². The molecular formula is C44H62N4O5Si. The van der Waals surface area contributed by atoms with E-state index in [0.29, 0.717) is 12.1 Å². The van der Waals surface area contributed by atoms with Gasteiger partial charge in [0.25, 0.3) is 0 Å². The Hall–Kier alpha value is -3.96. The Morgan fingerprint density at radius 1 is 0.889 bits per heavy atom. The summed E-state index contributed by atoms with van der Waals surface area (Å²) < 4.78 is 12.7. The minimum Gasteiger partial charge on any atom is -0.506 e. The Morgan fingerprint density at radius 2 is 1.56 bits per heavy atom. The summed E-state index contributed by atoms with van der Waals surface area (Å²) in [6, 6.07) is 24.8. The first-order valence-corrected chi connectivity index (χ1v) is 22.9. The van der Waals surface area contributed by atoms with Gasteiger partial charge in [0.2, 0.25) is 5.56 Å². The number of carbonyl (C=O) groups excluding carboxylic acids is 1. The number of rotatable bonds is 18. The topological polar surface area (TPSA) is 116 Å². The SMILES string of the molecule is CC(C)(C)[Si](C)(C)O[C@H](CNCCCCCCCCCN1CCC(OC(=O)Nc2ccccc2-c2ccccc2)CC1)c1ccc(O)c2[nH]c(=O)ccc12. The molecule has 1 aliphatic heterocycles. The van der Waals surface area contributed by atoms with Gasteiger partial charge in [0, 0.05) is 36.7 Å². The van der Waals surface area contributed by atoms with Gasteiger partial charge in [0.15, 0.2) is 8.32 Å². The lowest BCUT2D eigenvalue weighted by Crippen LogP contribution is -2.43. The van der Waals surface area contributed by atoms with Crippen LogP contribution in [0.1, 0.15) is 90.2 Å². The van der Waals surface area contributed by atoms with Crippen molar-refractivity contribution in [3.63, 3.8) is 0 Å². The van der Waals surface area contributed by atoms with Gasteiger partial charge in [0.1, 0.15) is 11.9 Å². The number of nitrogens with zero attached hydrogens (tertiary/aromatic N) is 1. The van der Waals surface area contributed by atoms with Crippen LogP contribution in [0.2, 0.25) is 18.1 Å². The summed E-state index contributed by atoms with van der Waals surface area (Å²) in [6.45, 7) is 15.9. The van der Waals surface area contributed by atoms with Crippen LogP contribution >= 0.6 is 0 Å². The summed E-state index contributed by atoms with van der Waals surface area (Å²) in [6.07, 6.45) is 9.65. The Labute approximate surface area is 323 Å². The molecule has 1 aliphatic rings. The van der Waals surface area contributed by atoms with Crippen molar-refractivity contribution < 1.29 is 19.1 Å². The van der Waals surface area contributed by atoms with Gasteiger partial charge >= 0.3 is 6.09 Å². The first-order chi connectivity index (χ1) is 25.9. The largest absolute Gasteiger partial charge is 0.506 e. The Bertz CT molecular complexity index is 1830. The summed E-state index contributed by atoms with van der Waals surface area (Å²) in [5.74, 6) is 0.0703. The third-order valence-corrected chi connectivity index (χ3v) is 15.7. The number of H-pyrrole nitrogens is 1. The smallest absolute Gasteiger partial charge is 0.411 e. The lowest BCUT2D eigenvalue weighted by Gasteiger charge is -2.39. The van der Waals surface area contributed by atoms with Crippen LogP contribution in [0, 0.1) is 0 Å². The molecule has 1 atom stereocenters. The van der Waals surface area contributed by atoms with Gasteiger partial charge in [-0.05, 0) is 86.2 Å². The quantitative estimate of drug-likeness (QED) is 0.0591. The minimum atomic E-state index is -2.10. The Kier molecular flexibility index (Phi) is 14.9. The Morgan fingerprint density at radius 3 is 2.28 bits per heavy atom. The minimum absolute atomic E-state index is 0.0465. The van der Waals surface area contributed by atoms with Crippen molar-refractivity contribution in [1.29, 1.82) is 0 Å². The molecule has 3 aromatic carbocycles. The molecule has 1 fully saturated rings. The Balaban J connectivity index is 0.942. The van der Waals surface area contributed by atoms with Crippen LogP contribution in [0.5, 0.6) is 5.75 Å². The normalized spacial score (nSPS) is 15.0. The van der Waals surface area contributed by atoms with Crippen molar-refractivity contribution in [2.45, 2.75) is 109 Å². The monoisotopic (exact) mass is 754 g/mol. The number of nitrogens with one attached hydrogen (secondary N) is 3. The second-order valence-electron chi connectivity index (χ2n) is 16.3. The number of benzene rings is 3. The van der Waals surface area contributed by atoms with Gasteiger partial charge in [-0.15, -0.1) is 0 Å². The summed E-state index contributed by atoms with van der Waals surface area (Å²) in [5, 5.41) is 17.9. The molecule has 1 aromatic heterocycles. The van der Waals surface area contributed by atoms with E-state index in [9.17, 15) is 14.7 Å². The summed E-state index contributed by atoms with van der Waals surface area (Å²) in [4.78, 5) is 30.1. The maximum absolute atomic E-state index is 12.8. The van der Waals surface area contributed by atoms with Gasteiger partial charge in [-0.25, -0.2) is 4.79 Å². The molecule has 0 spiro atoms. The maximum Gasteiger partial charge on any atom is 0.411 e. The number of fused-ring (bicyclic) bond motifs is 1. The number of carbonyl (C=O) groups is 1. The van der Waals surface area contributed by atoms with E-state index >= 15 is 0 Å². The van der Waals surface area contributed by atoms with Crippen LogP contribution in [0.4, 0.5) is 10.5 Å². The number of pyridine rings is 1. The molecule has 5 rings (SSSR count). The molecule has 4 aromatic rings. The van der Waals surface area contributed by atoms with Crippen molar-refractivity contribution in [2.24, 2.45) is 0 Å². The molecule has 4 N–H and O–H groups in total. The molecule has 0 bridgehead atoms. The van der Waals surface area contributed by atoms with E-state index in [0.717, 1.165) is 73.2 Å². The number of para-hydroxylation sites is 1. The highest BCUT2D eigenvalue weighted by Crippen LogP contribution is 2.41. The molecular weight excluding hydrogens is 693 g/mol. The zero-order valence-corrected chi connectivity index (χ0v) is 34.1. The van der Waals surface area contributed by atoms with Gasteiger partial charge in [0.05, 0.1) is 17.3 Å². The number of hydrogen-bond acceptors (Lipinski definition) is 7. The fourth-order valence-electron chi connectivity index (χ4n) is 6.99. The molecule has 0 saturated carbocycles. The van der Waals surface area contributed by atoms with E-state index < -0.39 is 8.32 Å². The number of piperidine rings is 1. The number of ether oxygens (including phenoxy) is 1. The predicted molar refractivity (Wildman–Crippen MR) is 224 cm³/mol. The number of likely N-dealkylation sites (tertiary alicyclic amines) is 1. The van der Waals surface area contributed by atoms with Crippen molar-refractivity contribution in [3.8, 4) is 16.9 Å². The van der Waals surface area contributed by atoms with E-state index in [1.54, 1.807) is 12.1 Å². The average molecular weight is 755 g/mol. The van der Waals surface area contributed by atoms with E-state index in [1.807, 2.05) is 60.7 Å². The molecule has 10 heteroatoms. The summed E-state index contributed by atoms with van der Waals surface area (Å²) in [5.41, 5.74) is 4.02. The highest BCUT2D eigenvalue weighted by atomic mass is 28.4. The number of anilines is 1. The fourth-order valence-corrected chi connectivity index (χ4v) is 8.27.